The van der Waals surface area contributed by atoms with E-state index in [2.05, 4.69) is 25.5 Å². The Morgan fingerprint density at radius 2 is 1.97 bits per heavy atom. The number of nitrogens with zero attached hydrogens (tertiary/aromatic N) is 2. The van der Waals surface area contributed by atoms with Crippen molar-refractivity contribution in [2.45, 2.75) is 37.5 Å². The van der Waals surface area contributed by atoms with Crippen molar-refractivity contribution in [3.8, 4) is 11.4 Å². The van der Waals surface area contributed by atoms with Crippen LogP contribution in [0.25, 0.3) is 11.4 Å². The summed E-state index contributed by atoms with van der Waals surface area (Å²) < 4.78 is 47.2. The monoisotopic (exact) mass is 501 g/mol. The Morgan fingerprint density at radius 3 is 2.71 bits per heavy atom. The quantitative estimate of drug-likeness (QED) is 0.427. The maximum Gasteiger partial charge on any atom is 0.261 e. The summed E-state index contributed by atoms with van der Waals surface area (Å²) in [6, 6.07) is 12.5. The fraction of sp³-hybridized carbons (Fsp3) is 0.375. The van der Waals surface area contributed by atoms with Gasteiger partial charge in [-0.1, -0.05) is 23.4 Å². The van der Waals surface area contributed by atoms with Crippen molar-refractivity contribution < 1.29 is 22.1 Å². The van der Waals surface area contributed by atoms with E-state index in [9.17, 15) is 17.6 Å². The first-order valence-electron chi connectivity index (χ1n) is 11.3. The molecule has 1 unspecified atom stereocenters. The van der Waals surface area contributed by atoms with Crippen LogP contribution in [0.15, 0.2) is 57.9 Å². The smallest absolute Gasteiger partial charge is 0.261 e. The van der Waals surface area contributed by atoms with Crippen LogP contribution in [0.2, 0.25) is 0 Å². The van der Waals surface area contributed by atoms with Crippen LogP contribution in [-0.4, -0.2) is 44.2 Å². The lowest BCUT2D eigenvalue weighted by atomic mass is 9.94. The summed E-state index contributed by atoms with van der Waals surface area (Å²) in [6.07, 6.45) is 1.98. The molecule has 0 radical (unpaired) electrons. The third-order valence-electron chi connectivity index (χ3n) is 5.81. The highest BCUT2D eigenvalue weighted by atomic mass is 32.2. The first kappa shape index (κ1) is 24.8. The number of carbonyl (C=O) groups is 1. The number of nitrogens with one attached hydrogen (secondary N) is 3. The van der Waals surface area contributed by atoms with Gasteiger partial charge in [0.15, 0.2) is 0 Å². The van der Waals surface area contributed by atoms with Crippen molar-refractivity contribution in [3.63, 3.8) is 0 Å². The van der Waals surface area contributed by atoms with Crippen LogP contribution in [0, 0.1) is 5.41 Å². The molecule has 0 spiro atoms. The number of amides is 1. The van der Waals surface area contributed by atoms with E-state index in [0.29, 0.717) is 23.0 Å². The highest BCUT2D eigenvalue weighted by molar-refractivity contribution is 7.92. The molecule has 1 aliphatic rings. The summed E-state index contributed by atoms with van der Waals surface area (Å²) >= 11 is 0. The minimum absolute atomic E-state index is 0.0219. The third-order valence-corrected chi connectivity index (χ3v) is 7.19. The first-order valence-corrected chi connectivity index (χ1v) is 12.8. The maximum atomic E-state index is 13.1. The second kappa shape index (κ2) is 10.1. The fourth-order valence-electron chi connectivity index (χ4n) is 3.62. The van der Waals surface area contributed by atoms with Crippen LogP contribution < -0.4 is 15.4 Å². The number of halogens is 1. The Balaban J connectivity index is 1.51. The number of sulfonamides is 1. The standard InChI is InChI=1S/C24H28FN5O4S/c1-24(2,15-25)23(31)27-18-8-4-9-19(13-18)30-35(32,33)20-10-3-6-16(12-20)21-28-22(34-29-21)17-7-5-11-26-14-17/h3-4,6,8-10,12-13,17,26,30H,5,7,11,14-15H2,1-2H3,(H,27,31). The molecule has 2 aromatic carbocycles. The van der Waals surface area contributed by atoms with Gasteiger partial charge in [0.1, 0.15) is 6.67 Å². The van der Waals surface area contributed by atoms with Gasteiger partial charge in [-0.25, -0.2) is 12.8 Å². The molecule has 1 saturated heterocycles. The molecule has 1 aromatic heterocycles. The molecule has 3 N–H and O–H groups in total. The largest absolute Gasteiger partial charge is 0.339 e. The number of rotatable bonds is 8. The first-order chi connectivity index (χ1) is 16.7. The van der Waals surface area contributed by atoms with E-state index >= 15 is 0 Å². The lowest BCUT2D eigenvalue weighted by Crippen LogP contribution is -2.32. The van der Waals surface area contributed by atoms with Crippen LogP contribution >= 0.6 is 0 Å². The van der Waals surface area contributed by atoms with Gasteiger partial charge >= 0.3 is 0 Å². The molecule has 0 saturated carbocycles. The third kappa shape index (κ3) is 5.85. The Hall–Kier alpha value is -3.31. The average molecular weight is 502 g/mol. The summed E-state index contributed by atoms with van der Waals surface area (Å²) in [5.74, 6) is 0.495. The number of hydrogen-bond acceptors (Lipinski definition) is 7. The fourth-order valence-corrected chi connectivity index (χ4v) is 4.71. The van der Waals surface area contributed by atoms with E-state index in [1.165, 1.54) is 32.0 Å². The Morgan fingerprint density at radius 1 is 1.20 bits per heavy atom. The highest BCUT2D eigenvalue weighted by Crippen LogP contribution is 2.27. The van der Waals surface area contributed by atoms with Gasteiger partial charge in [0, 0.05) is 17.8 Å². The van der Waals surface area contributed by atoms with Crippen molar-refractivity contribution in [2.75, 3.05) is 29.8 Å². The molecule has 1 amide bonds. The number of hydrogen-bond donors (Lipinski definition) is 3. The SMILES string of the molecule is CC(C)(CF)C(=O)Nc1cccc(NS(=O)(=O)c2cccc(-c3noc(C4CCCNC4)n3)c2)c1. The molecule has 4 rings (SSSR count). The summed E-state index contributed by atoms with van der Waals surface area (Å²) in [6.45, 7) is 3.89. The molecule has 0 aliphatic carbocycles. The zero-order chi connectivity index (χ0) is 25.1. The molecule has 9 nitrogen and oxygen atoms in total. The predicted molar refractivity (Wildman–Crippen MR) is 130 cm³/mol. The maximum absolute atomic E-state index is 13.1. The van der Waals surface area contributed by atoms with E-state index in [1.807, 2.05) is 0 Å². The van der Waals surface area contributed by atoms with E-state index < -0.39 is 28.0 Å². The van der Waals surface area contributed by atoms with Crippen LogP contribution in [0.1, 0.15) is 38.5 Å². The van der Waals surface area contributed by atoms with Crippen LogP contribution in [-0.2, 0) is 14.8 Å². The van der Waals surface area contributed by atoms with Crippen molar-refractivity contribution in [1.29, 1.82) is 0 Å². The van der Waals surface area contributed by atoms with Gasteiger partial charge in [-0.2, -0.15) is 4.98 Å². The molecule has 0 bridgehead atoms. The molecule has 1 aliphatic heterocycles. The summed E-state index contributed by atoms with van der Waals surface area (Å²) in [7, 11) is -3.95. The zero-order valence-electron chi connectivity index (χ0n) is 19.5. The molecule has 2 heterocycles. The van der Waals surface area contributed by atoms with Crippen LogP contribution in [0.5, 0.6) is 0 Å². The molecule has 35 heavy (non-hydrogen) atoms. The van der Waals surface area contributed by atoms with Gasteiger partial charge in [-0.05, 0) is 63.6 Å². The summed E-state index contributed by atoms with van der Waals surface area (Å²) in [5, 5.41) is 9.96. The van der Waals surface area contributed by atoms with Crippen molar-refractivity contribution in [1.82, 2.24) is 15.5 Å². The lowest BCUT2D eigenvalue weighted by Gasteiger charge is -2.19. The molecule has 11 heteroatoms. The van der Waals surface area contributed by atoms with Gasteiger partial charge in [0.2, 0.25) is 17.6 Å². The lowest BCUT2D eigenvalue weighted by molar-refractivity contribution is -0.124. The molecular formula is C24H28FN5O4S. The second-order valence-electron chi connectivity index (χ2n) is 9.19. The summed E-state index contributed by atoms with van der Waals surface area (Å²) in [4.78, 5) is 16.7. The van der Waals surface area contributed by atoms with Gasteiger partial charge in [0.05, 0.1) is 21.9 Å². The zero-order valence-corrected chi connectivity index (χ0v) is 20.4. The second-order valence-corrected chi connectivity index (χ2v) is 10.9. The van der Waals surface area contributed by atoms with Crippen molar-refractivity contribution >= 4 is 27.3 Å². The van der Waals surface area contributed by atoms with E-state index in [0.717, 1.165) is 25.9 Å². The number of aromatic nitrogens is 2. The number of alkyl halides is 1. The number of benzene rings is 2. The minimum Gasteiger partial charge on any atom is -0.339 e. The summed E-state index contributed by atoms with van der Waals surface area (Å²) in [5.41, 5.74) is -0.0839. The predicted octanol–water partition coefficient (Wildman–Crippen LogP) is 3.94. The minimum atomic E-state index is -3.95. The topological polar surface area (TPSA) is 126 Å². The van der Waals surface area contributed by atoms with Crippen LogP contribution in [0.4, 0.5) is 15.8 Å². The van der Waals surface area contributed by atoms with Gasteiger partial charge < -0.3 is 15.2 Å². The van der Waals surface area contributed by atoms with Crippen molar-refractivity contribution in [3.05, 3.63) is 54.4 Å². The highest BCUT2D eigenvalue weighted by Gasteiger charge is 2.28. The van der Waals surface area contributed by atoms with Gasteiger partial charge in [-0.3, -0.25) is 9.52 Å². The van der Waals surface area contributed by atoms with Crippen LogP contribution in [0.3, 0.4) is 0 Å². The van der Waals surface area contributed by atoms with Gasteiger partial charge in [0.25, 0.3) is 10.0 Å². The number of carbonyl (C=O) groups excluding carboxylic acids is 1. The molecule has 1 fully saturated rings. The van der Waals surface area contributed by atoms with E-state index in [1.54, 1.807) is 30.3 Å². The van der Waals surface area contributed by atoms with Crippen molar-refractivity contribution in [2.24, 2.45) is 5.41 Å². The normalized spacial score (nSPS) is 16.6. The van der Waals surface area contributed by atoms with E-state index in [4.69, 9.17) is 4.52 Å². The van der Waals surface area contributed by atoms with E-state index in [-0.39, 0.29) is 16.5 Å². The Kier molecular flexibility index (Phi) is 7.18. The molecule has 3 aromatic rings. The Labute approximate surface area is 203 Å². The van der Waals surface area contributed by atoms with Gasteiger partial charge in [-0.15, -0.1) is 0 Å². The molecular weight excluding hydrogens is 473 g/mol. The number of anilines is 2. The molecule has 1 atom stereocenters. The molecule has 186 valence electrons. The Bertz CT molecular complexity index is 1300. The number of piperidine rings is 1. The average Bonchev–Trinajstić information content (AvgIpc) is 3.35.